The number of alkyl halides is 1. The topological polar surface area (TPSA) is 26.0 Å². The van der Waals surface area contributed by atoms with Gasteiger partial charge in [-0.3, -0.25) is 0 Å². The number of halogens is 1. The highest BCUT2D eigenvalue weighted by Crippen LogP contribution is 2.48. The quantitative estimate of drug-likeness (QED) is 0.549. The molecule has 0 heterocycles. The lowest BCUT2D eigenvalue weighted by Crippen LogP contribution is -2.41. The van der Waals surface area contributed by atoms with Gasteiger partial charge in [-0.25, -0.2) is 4.39 Å². The summed E-state index contributed by atoms with van der Waals surface area (Å²) in [6, 6.07) is 0. The Morgan fingerprint density at radius 1 is 1.10 bits per heavy atom. The van der Waals surface area contributed by atoms with Gasteiger partial charge in [0.25, 0.3) is 0 Å². The molecule has 2 rings (SSSR count). The Morgan fingerprint density at radius 3 is 2.50 bits per heavy atom. The summed E-state index contributed by atoms with van der Waals surface area (Å²) >= 11 is 0. The number of rotatable bonds is 0. The van der Waals surface area contributed by atoms with Gasteiger partial charge in [0.05, 0.1) is 0 Å². The van der Waals surface area contributed by atoms with Crippen molar-refractivity contribution in [3.8, 4) is 0 Å². The molecule has 0 radical (unpaired) electrons. The Labute approximate surface area is 60.8 Å². The fraction of sp³-hybridized carbons (Fsp3) is 1.00. The van der Waals surface area contributed by atoms with Gasteiger partial charge in [-0.2, -0.15) is 0 Å². The zero-order chi connectivity index (χ0) is 7.24. The molecule has 10 heavy (non-hydrogen) atoms. The summed E-state index contributed by atoms with van der Waals surface area (Å²) in [6.45, 7) is 0. The lowest BCUT2D eigenvalue weighted by Gasteiger charge is -2.31. The smallest absolute Gasteiger partial charge is 0.112 e. The van der Waals surface area contributed by atoms with Crippen molar-refractivity contribution in [1.82, 2.24) is 0 Å². The molecule has 2 aliphatic rings. The highest BCUT2D eigenvalue weighted by molar-refractivity contribution is 5.05. The molecule has 0 aromatic heterocycles. The van der Waals surface area contributed by atoms with Gasteiger partial charge in [-0.1, -0.05) is 0 Å². The summed E-state index contributed by atoms with van der Waals surface area (Å²) in [5.74, 6) is 0. The first-order valence-electron chi connectivity index (χ1n) is 4.10. The first-order chi connectivity index (χ1) is 4.62. The van der Waals surface area contributed by atoms with Gasteiger partial charge in [-0.15, -0.1) is 0 Å². The van der Waals surface area contributed by atoms with Crippen molar-refractivity contribution >= 4 is 0 Å². The van der Waals surface area contributed by atoms with Crippen LogP contribution in [-0.2, 0) is 0 Å². The van der Waals surface area contributed by atoms with E-state index in [1.807, 2.05) is 0 Å². The summed E-state index contributed by atoms with van der Waals surface area (Å²) in [5, 5.41) is 0. The summed E-state index contributed by atoms with van der Waals surface area (Å²) in [5.41, 5.74) is 4.96. The fourth-order valence-corrected chi connectivity index (χ4v) is 2.46. The predicted octanol–water partition coefficient (Wildman–Crippen LogP) is 1.76. The molecule has 58 valence electrons. The molecule has 2 saturated carbocycles. The molecular formula is C8H14FN. The standard InChI is InChI=1S/C8H14FN/c9-7-2-1-3-8(10,6-7)5-4-7/h1-6,10H2. The van der Waals surface area contributed by atoms with Crippen LogP contribution in [0.15, 0.2) is 0 Å². The van der Waals surface area contributed by atoms with E-state index in [1.54, 1.807) is 0 Å². The Bertz CT molecular complexity index is 143. The van der Waals surface area contributed by atoms with Crippen LogP contribution in [0, 0.1) is 0 Å². The van der Waals surface area contributed by atoms with E-state index < -0.39 is 5.67 Å². The third-order valence-corrected chi connectivity index (χ3v) is 3.04. The second kappa shape index (κ2) is 1.73. The number of hydrogen-bond acceptors (Lipinski definition) is 1. The molecular weight excluding hydrogens is 129 g/mol. The van der Waals surface area contributed by atoms with Crippen LogP contribution >= 0.6 is 0 Å². The van der Waals surface area contributed by atoms with Gasteiger partial charge in [0, 0.05) is 5.54 Å². The first-order valence-corrected chi connectivity index (χ1v) is 4.10. The average molecular weight is 143 g/mol. The van der Waals surface area contributed by atoms with Gasteiger partial charge >= 0.3 is 0 Å². The maximum atomic E-state index is 13.5. The number of nitrogens with two attached hydrogens (primary N) is 1. The van der Waals surface area contributed by atoms with Gasteiger partial charge in [0.1, 0.15) is 5.67 Å². The van der Waals surface area contributed by atoms with Crippen molar-refractivity contribution < 1.29 is 4.39 Å². The van der Waals surface area contributed by atoms with E-state index in [0.717, 1.165) is 25.7 Å². The second-order valence-corrected chi connectivity index (χ2v) is 4.04. The second-order valence-electron chi connectivity index (χ2n) is 4.04. The van der Waals surface area contributed by atoms with Gasteiger partial charge in [0.2, 0.25) is 0 Å². The fourth-order valence-electron chi connectivity index (χ4n) is 2.46. The van der Waals surface area contributed by atoms with Crippen molar-refractivity contribution in [2.45, 2.75) is 49.7 Å². The predicted molar refractivity (Wildman–Crippen MR) is 38.5 cm³/mol. The summed E-state index contributed by atoms with van der Waals surface area (Å²) in [4.78, 5) is 0. The van der Waals surface area contributed by atoms with E-state index in [1.165, 1.54) is 0 Å². The maximum Gasteiger partial charge on any atom is 0.112 e. The monoisotopic (exact) mass is 143 g/mol. The minimum absolute atomic E-state index is 0.118. The average Bonchev–Trinajstić information content (AvgIpc) is 2.03. The van der Waals surface area contributed by atoms with Crippen molar-refractivity contribution in [2.75, 3.05) is 0 Å². The van der Waals surface area contributed by atoms with Crippen molar-refractivity contribution in [3.63, 3.8) is 0 Å². The van der Waals surface area contributed by atoms with Crippen molar-refractivity contribution in [1.29, 1.82) is 0 Å². The molecule has 0 saturated heterocycles. The van der Waals surface area contributed by atoms with Gasteiger partial charge in [0.15, 0.2) is 0 Å². The van der Waals surface area contributed by atoms with E-state index >= 15 is 0 Å². The van der Waals surface area contributed by atoms with E-state index in [-0.39, 0.29) is 5.54 Å². The Hall–Kier alpha value is -0.110. The molecule has 2 N–H and O–H groups in total. The van der Waals surface area contributed by atoms with Gasteiger partial charge < -0.3 is 5.73 Å². The Kier molecular flexibility index (Phi) is 1.14. The zero-order valence-corrected chi connectivity index (χ0v) is 6.20. The number of fused-ring (bicyclic) bond motifs is 2. The maximum absolute atomic E-state index is 13.5. The molecule has 2 unspecified atom stereocenters. The van der Waals surface area contributed by atoms with E-state index in [0.29, 0.717) is 12.8 Å². The zero-order valence-electron chi connectivity index (χ0n) is 6.20. The number of hydrogen-bond donors (Lipinski definition) is 1. The third-order valence-electron chi connectivity index (χ3n) is 3.04. The SMILES string of the molecule is NC12CCCC(F)(CC1)C2. The summed E-state index contributed by atoms with van der Waals surface area (Å²) < 4.78 is 13.5. The third kappa shape index (κ3) is 0.858. The molecule has 0 amide bonds. The largest absolute Gasteiger partial charge is 0.325 e. The van der Waals surface area contributed by atoms with E-state index in [4.69, 9.17) is 5.73 Å². The van der Waals surface area contributed by atoms with Crippen LogP contribution in [-0.4, -0.2) is 11.2 Å². The van der Waals surface area contributed by atoms with Gasteiger partial charge in [-0.05, 0) is 38.5 Å². The summed E-state index contributed by atoms with van der Waals surface area (Å²) in [6.07, 6.45) is 5.03. The lowest BCUT2D eigenvalue weighted by molar-refractivity contribution is 0.118. The molecule has 0 spiro atoms. The van der Waals surface area contributed by atoms with Crippen LogP contribution < -0.4 is 5.73 Å². The van der Waals surface area contributed by atoms with Crippen LogP contribution in [0.25, 0.3) is 0 Å². The lowest BCUT2D eigenvalue weighted by atomic mass is 9.82. The summed E-state index contributed by atoms with van der Waals surface area (Å²) in [7, 11) is 0. The minimum atomic E-state index is -0.868. The minimum Gasteiger partial charge on any atom is -0.325 e. The van der Waals surface area contributed by atoms with Crippen molar-refractivity contribution in [3.05, 3.63) is 0 Å². The highest BCUT2D eigenvalue weighted by atomic mass is 19.1. The Morgan fingerprint density at radius 2 is 1.90 bits per heavy atom. The Balaban J connectivity index is 2.20. The van der Waals surface area contributed by atoms with Crippen LogP contribution in [0.5, 0.6) is 0 Å². The van der Waals surface area contributed by atoms with E-state index in [2.05, 4.69) is 0 Å². The highest BCUT2D eigenvalue weighted by Gasteiger charge is 2.49. The molecule has 0 aliphatic heterocycles. The molecule has 2 atom stereocenters. The molecule has 2 aliphatic carbocycles. The van der Waals surface area contributed by atoms with Crippen LogP contribution in [0.1, 0.15) is 38.5 Å². The first kappa shape index (κ1) is 6.59. The molecule has 2 bridgehead atoms. The molecule has 0 aromatic carbocycles. The van der Waals surface area contributed by atoms with Crippen LogP contribution in [0.2, 0.25) is 0 Å². The molecule has 2 heteroatoms. The van der Waals surface area contributed by atoms with E-state index in [9.17, 15) is 4.39 Å². The normalized spacial score (nSPS) is 53.4. The molecule has 0 aromatic rings. The van der Waals surface area contributed by atoms with Crippen LogP contribution in [0.4, 0.5) is 4.39 Å². The van der Waals surface area contributed by atoms with Crippen molar-refractivity contribution in [2.24, 2.45) is 5.73 Å². The molecule has 1 nitrogen and oxygen atoms in total. The van der Waals surface area contributed by atoms with Crippen LogP contribution in [0.3, 0.4) is 0 Å². The molecule has 2 fully saturated rings.